The molecule has 1 aliphatic rings. The fourth-order valence-corrected chi connectivity index (χ4v) is 3.50. The number of carbonyl (C=O) groups is 1. The fourth-order valence-electron chi connectivity index (χ4n) is 2.14. The molecule has 1 fully saturated rings. The van der Waals surface area contributed by atoms with Crippen LogP contribution in [-0.4, -0.2) is 17.6 Å². The zero-order valence-corrected chi connectivity index (χ0v) is 13.0. The SMILES string of the molecule is Nc1c(C(=O)NC2(C(F)(F)F)CC2)sc2ccc(Br)cc12. The van der Waals surface area contributed by atoms with Gasteiger partial charge in [-0.15, -0.1) is 11.3 Å². The van der Waals surface area contributed by atoms with E-state index in [-0.39, 0.29) is 23.4 Å². The number of amides is 1. The van der Waals surface area contributed by atoms with Crippen LogP contribution in [0.4, 0.5) is 18.9 Å². The van der Waals surface area contributed by atoms with Gasteiger partial charge in [-0.3, -0.25) is 4.79 Å². The number of halogens is 4. The van der Waals surface area contributed by atoms with Crippen molar-refractivity contribution in [3.8, 4) is 0 Å². The van der Waals surface area contributed by atoms with Crippen LogP contribution in [0.5, 0.6) is 0 Å². The van der Waals surface area contributed by atoms with Gasteiger partial charge in [0.15, 0.2) is 0 Å². The fraction of sp³-hybridized carbons (Fsp3) is 0.308. The van der Waals surface area contributed by atoms with E-state index in [0.29, 0.717) is 5.39 Å². The summed E-state index contributed by atoms with van der Waals surface area (Å²) in [5.74, 6) is -0.764. The summed E-state index contributed by atoms with van der Waals surface area (Å²) in [7, 11) is 0. The minimum absolute atomic E-state index is 0.0847. The van der Waals surface area contributed by atoms with Gasteiger partial charge >= 0.3 is 6.18 Å². The first kappa shape index (κ1) is 14.6. The number of hydrogen-bond acceptors (Lipinski definition) is 3. The van der Waals surface area contributed by atoms with Gasteiger partial charge in [-0.2, -0.15) is 13.2 Å². The van der Waals surface area contributed by atoms with E-state index in [0.717, 1.165) is 20.5 Å². The van der Waals surface area contributed by atoms with Crippen LogP contribution in [0, 0.1) is 0 Å². The van der Waals surface area contributed by atoms with Crippen molar-refractivity contribution >= 4 is 48.9 Å². The molecule has 0 saturated heterocycles. The number of carbonyl (C=O) groups excluding carboxylic acids is 1. The molecule has 0 spiro atoms. The van der Waals surface area contributed by atoms with Crippen LogP contribution in [-0.2, 0) is 0 Å². The Morgan fingerprint density at radius 2 is 2.05 bits per heavy atom. The summed E-state index contributed by atoms with van der Waals surface area (Å²) in [6.07, 6.45) is -4.60. The first-order valence-electron chi connectivity index (χ1n) is 6.10. The number of alkyl halides is 3. The Balaban J connectivity index is 1.94. The molecule has 0 unspecified atom stereocenters. The quantitative estimate of drug-likeness (QED) is 0.827. The van der Waals surface area contributed by atoms with Gasteiger partial charge in [-0.1, -0.05) is 15.9 Å². The lowest BCUT2D eigenvalue weighted by Gasteiger charge is -2.20. The normalized spacial score (nSPS) is 17.0. The van der Waals surface area contributed by atoms with Crippen LogP contribution in [0.1, 0.15) is 22.5 Å². The summed E-state index contributed by atoms with van der Waals surface area (Å²) >= 11 is 4.39. The van der Waals surface area contributed by atoms with Gasteiger partial charge in [0.2, 0.25) is 0 Å². The molecule has 1 saturated carbocycles. The number of nitrogens with one attached hydrogen (secondary N) is 1. The van der Waals surface area contributed by atoms with Crippen LogP contribution in [0.3, 0.4) is 0 Å². The Hall–Kier alpha value is -1.28. The van der Waals surface area contributed by atoms with Gasteiger partial charge in [0.25, 0.3) is 5.91 Å². The molecule has 0 aliphatic heterocycles. The van der Waals surface area contributed by atoms with Crippen molar-refractivity contribution in [2.75, 3.05) is 5.73 Å². The van der Waals surface area contributed by atoms with Gasteiger partial charge in [-0.25, -0.2) is 0 Å². The largest absolute Gasteiger partial charge is 0.411 e. The van der Waals surface area contributed by atoms with E-state index in [2.05, 4.69) is 21.2 Å². The lowest BCUT2D eigenvalue weighted by molar-refractivity contribution is -0.163. The lowest BCUT2D eigenvalue weighted by atomic mass is 10.2. The van der Waals surface area contributed by atoms with Gasteiger partial charge in [-0.05, 0) is 31.0 Å². The number of thiophene rings is 1. The standard InChI is InChI=1S/C13H10BrF3N2OS/c14-6-1-2-8-7(5-6)9(18)10(21-8)11(20)19-12(3-4-12)13(15,16)17/h1-2,5H,3-4,18H2,(H,19,20). The summed E-state index contributed by atoms with van der Waals surface area (Å²) in [6.45, 7) is 0. The van der Waals surface area contributed by atoms with Crippen molar-refractivity contribution in [2.45, 2.75) is 24.6 Å². The Bertz CT molecular complexity index is 737. The number of fused-ring (bicyclic) bond motifs is 1. The highest BCUT2D eigenvalue weighted by Crippen LogP contribution is 2.49. The molecule has 3 N–H and O–H groups in total. The number of benzene rings is 1. The Kier molecular flexibility index (Phi) is 3.21. The van der Waals surface area contributed by atoms with E-state index in [1.807, 2.05) is 0 Å². The number of hydrogen-bond donors (Lipinski definition) is 2. The van der Waals surface area contributed by atoms with E-state index in [1.165, 1.54) is 0 Å². The summed E-state index contributed by atoms with van der Waals surface area (Å²) < 4.78 is 40.2. The van der Waals surface area contributed by atoms with Crippen molar-refractivity contribution in [3.63, 3.8) is 0 Å². The number of anilines is 1. The van der Waals surface area contributed by atoms with Crippen molar-refractivity contribution in [3.05, 3.63) is 27.5 Å². The van der Waals surface area contributed by atoms with Gasteiger partial charge in [0, 0.05) is 14.6 Å². The third-order valence-corrected chi connectivity index (χ3v) is 5.22. The highest BCUT2D eigenvalue weighted by atomic mass is 79.9. The topological polar surface area (TPSA) is 55.1 Å². The second kappa shape index (κ2) is 4.61. The predicted octanol–water partition coefficient (Wildman–Crippen LogP) is 4.07. The molecule has 0 atom stereocenters. The number of nitrogen functional groups attached to an aromatic ring is 1. The molecule has 1 aliphatic carbocycles. The second-order valence-electron chi connectivity index (χ2n) is 5.02. The molecule has 1 heterocycles. The highest BCUT2D eigenvalue weighted by molar-refractivity contribution is 9.10. The maximum atomic E-state index is 12.9. The highest BCUT2D eigenvalue weighted by Gasteiger charge is 2.64. The van der Waals surface area contributed by atoms with Gasteiger partial charge in [0.1, 0.15) is 10.4 Å². The average Bonchev–Trinajstić information content (AvgIpc) is 3.10. The maximum absolute atomic E-state index is 12.9. The molecular formula is C13H10BrF3N2OS. The minimum Gasteiger partial charge on any atom is -0.397 e. The third kappa shape index (κ3) is 2.40. The molecule has 1 aromatic carbocycles. The Morgan fingerprint density at radius 1 is 1.38 bits per heavy atom. The molecule has 0 bridgehead atoms. The van der Waals surface area contributed by atoms with Crippen molar-refractivity contribution in [1.29, 1.82) is 0 Å². The monoisotopic (exact) mass is 378 g/mol. The molecule has 3 rings (SSSR count). The van der Waals surface area contributed by atoms with E-state index >= 15 is 0 Å². The first-order chi connectivity index (χ1) is 9.73. The Morgan fingerprint density at radius 3 is 2.62 bits per heavy atom. The van der Waals surface area contributed by atoms with E-state index in [1.54, 1.807) is 18.2 Å². The molecule has 21 heavy (non-hydrogen) atoms. The number of nitrogens with two attached hydrogens (primary N) is 1. The van der Waals surface area contributed by atoms with Crippen LogP contribution >= 0.6 is 27.3 Å². The van der Waals surface area contributed by atoms with Gasteiger partial charge < -0.3 is 11.1 Å². The van der Waals surface area contributed by atoms with Crippen LogP contribution in [0.2, 0.25) is 0 Å². The molecule has 3 nitrogen and oxygen atoms in total. The molecule has 1 aromatic heterocycles. The van der Waals surface area contributed by atoms with Crippen LogP contribution in [0.25, 0.3) is 10.1 Å². The summed E-state index contributed by atoms with van der Waals surface area (Å²) in [6, 6.07) is 5.31. The molecular weight excluding hydrogens is 369 g/mol. The number of rotatable bonds is 2. The summed E-state index contributed by atoms with van der Waals surface area (Å²) in [4.78, 5) is 12.3. The lowest BCUT2D eigenvalue weighted by Crippen LogP contribution is -2.47. The van der Waals surface area contributed by atoms with Crippen LogP contribution in [0.15, 0.2) is 22.7 Å². The zero-order valence-electron chi connectivity index (χ0n) is 10.6. The van der Waals surface area contributed by atoms with E-state index in [4.69, 9.17) is 5.73 Å². The van der Waals surface area contributed by atoms with Gasteiger partial charge in [0.05, 0.1) is 5.69 Å². The molecule has 0 radical (unpaired) electrons. The molecule has 112 valence electrons. The van der Waals surface area contributed by atoms with Crippen molar-refractivity contribution < 1.29 is 18.0 Å². The van der Waals surface area contributed by atoms with E-state index in [9.17, 15) is 18.0 Å². The maximum Gasteiger partial charge on any atom is 0.411 e. The second-order valence-corrected chi connectivity index (χ2v) is 6.99. The van der Waals surface area contributed by atoms with Crippen LogP contribution < -0.4 is 11.1 Å². The first-order valence-corrected chi connectivity index (χ1v) is 7.71. The predicted molar refractivity (Wildman–Crippen MR) is 79.4 cm³/mol. The summed E-state index contributed by atoms with van der Waals surface area (Å²) in [5, 5.41) is 2.76. The molecule has 8 heteroatoms. The average molecular weight is 379 g/mol. The zero-order chi connectivity index (χ0) is 15.4. The molecule has 2 aromatic rings. The van der Waals surface area contributed by atoms with Crippen molar-refractivity contribution in [2.24, 2.45) is 0 Å². The third-order valence-electron chi connectivity index (χ3n) is 3.54. The van der Waals surface area contributed by atoms with E-state index < -0.39 is 17.6 Å². The minimum atomic E-state index is -4.43. The summed E-state index contributed by atoms with van der Waals surface area (Å²) in [5.41, 5.74) is 4.04. The Labute approximate surface area is 130 Å². The molecule has 1 amide bonds. The van der Waals surface area contributed by atoms with Crippen molar-refractivity contribution in [1.82, 2.24) is 5.32 Å². The smallest absolute Gasteiger partial charge is 0.397 e.